The molecule has 0 aliphatic carbocycles. The molecule has 0 fully saturated rings. The molecule has 1 aromatic heterocycles. The Morgan fingerprint density at radius 3 is 2.68 bits per heavy atom. The Balaban J connectivity index is 2.27. The van der Waals surface area contributed by atoms with Gasteiger partial charge in [-0.3, -0.25) is 4.79 Å². The van der Waals surface area contributed by atoms with Gasteiger partial charge in [-0.1, -0.05) is 0 Å². The Morgan fingerprint density at radius 1 is 1.32 bits per heavy atom. The maximum absolute atomic E-state index is 12.9. The van der Waals surface area contributed by atoms with E-state index in [1.807, 2.05) is 0 Å². The van der Waals surface area contributed by atoms with Crippen LogP contribution in [0, 0.1) is 11.3 Å². The number of aromatic nitrogens is 1. The van der Waals surface area contributed by atoms with Gasteiger partial charge in [-0.15, -0.1) is 0 Å². The second-order valence-electron chi connectivity index (χ2n) is 6.96. The molecule has 0 spiro atoms. The first-order valence-electron chi connectivity index (χ1n) is 8.06. The molecule has 1 N–H and O–H groups in total. The van der Waals surface area contributed by atoms with Crippen LogP contribution in [0.25, 0.3) is 0 Å². The lowest BCUT2D eigenvalue weighted by Crippen LogP contribution is -2.52. The fourth-order valence-corrected chi connectivity index (χ4v) is 3.20. The third kappa shape index (κ3) is 2.77. The SMILES string of the molecule is CN(C)c1cccn([C@@H]2c3cc(C#N)ccc3OC(C)(C)[C@H]2O)c1=O. The molecule has 0 saturated heterocycles. The fraction of sp³-hybridized carbons (Fsp3) is 0.368. The molecule has 0 amide bonds. The molecule has 6 heteroatoms. The number of aliphatic hydroxyl groups excluding tert-OH is 1. The zero-order valence-corrected chi connectivity index (χ0v) is 14.7. The Hall–Kier alpha value is -2.78. The standard InChI is InChI=1S/C19H21N3O3/c1-19(2)17(23)16(13-10-12(11-20)7-8-15(13)25-19)22-9-5-6-14(18(22)24)21(3)4/h5-10,16-17,23H,1-4H3/t16-,17+/m1/s1. The summed E-state index contributed by atoms with van der Waals surface area (Å²) in [5.74, 6) is 0.571. The van der Waals surface area contributed by atoms with Gasteiger partial charge < -0.3 is 19.3 Å². The molecule has 25 heavy (non-hydrogen) atoms. The number of hydrogen-bond acceptors (Lipinski definition) is 5. The fourth-order valence-electron chi connectivity index (χ4n) is 3.20. The zero-order chi connectivity index (χ0) is 18.4. The highest BCUT2D eigenvalue weighted by atomic mass is 16.5. The average molecular weight is 339 g/mol. The van der Waals surface area contributed by atoms with Crippen LogP contribution in [0.4, 0.5) is 5.69 Å². The molecule has 1 aromatic carbocycles. The normalized spacial score (nSPS) is 21.0. The number of anilines is 1. The molecular weight excluding hydrogens is 318 g/mol. The lowest BCUT2D eigenvalue weighted by atomic mass is 9.85. The number of ether oxygens (including phenoxy) is 1. The quantitative estimate of drug-likeness (QED) is 0.904. The summed E-state index contributed by atoms with van der Waals surface area (Å²) in [6, 6.07) is 10.0. The van der Waals surface area contributed by atoms with Crippen LogP contribution in [0.3, 0.4) is 0 Å². The number of rotatable bonds is 2. The van der Waals surface area contributed by atoms with E-state index in [2.05, 4.69) is 6.07 Å². The minimum absolute atomic E-state index is 0.206. The average Bonchev–Trinajstić information content (AvgIpc) is 2.56. The maximum Gasteiger partial charge on any atom is 0.274 e. The third-order valence-corrected chi connectivity index (χ3v) is 4.58. The van der Waals surface area contributed by atoms with Gasteiger partial charge in [-0.25, -0.2) is 0 Å². The van der Waals surface area contributed by atoms with E-state index < -0.39 is 17.7 Å². The molecule has 0 unspecified atom stereocenters. The monoisotopic (exact) mass is 339 g/mol. The van der Waals surface area contributed by atoms with E-state index >= 15 is 0 Å². The molecule has 1 aliphatic rings. The van der Waals surface area contributed by atoms with Crippen molar-refractivity contribution in [3.8, 4) is 11.8 Å². The summed E-state index contributed by atoms with van der Waals surface area (Å²) in [6.07, 6.45) is 0.706. The van der Waals surface area contributed by atoms with Crippen molar-refractivity contribution in [1.29, 1.82) is 5.26 Å². The van der Waals surface area contributed by atoms with Crippen molar-refractivity contribution in [3.05, 3.63) is 58.0 Å². The van der Waals surface area contributed by atoms with Crippen LogP contribution >= 0.6 is 0 Å². The van der Waals surface area contributed by atoms with Crippen molar-refractivity contribution in [2.45, 2.75) is 31.6 Å². The largest absolute Gasteiger partial charge is 0.485 e. The minimum Gasteiger partial charge on any atom is -0.485 e. The summed E-state index contributed by atoms with van der Waals surface area (Å²) in [5, 5.41) is 20.1. The van der Waals surface area contributed by atoms with Crippen LogP contribution in [0.2, 0.25) is 0 Å². The highest BCUT2D eigenvalue weighted by Gasteiger charge is 2.44. The summed E-state index contributed by atoms with van der Waals surface area (Å²) >= 11 is 0. The molecule has 1 aliphatic heterocycles. The Bertz CT molecular complexity index is 909. The van der Waals surface area contributed by atoms with Crippen LogP contribution in [0.15, 0.2) is 41.3 Å². The van der Waals surface area contributed by atoms with Crippen molar-refractivity contribution in [2.75, 3.05) is 19.0 Å². The topological polar surface area (TPSA) is 78.5 Å². The predicted molar refractivity (Wildman–Crippen MR) is 95.0 cm³/mol. The van der Waals surface area contributed by atoms with E-state index in [1.165, 1.54) is 4.57 Å². The molecule has 0 radical (unpaired) electrons. The van der Waals surface area contributed by atoms with Gasteiger partial charge in [0.2, 0.25) is 0 Å². The molecule has 0 bridgehead atoms. The minimum atomic E-state index is -0.955. The number of hydrogen-bond donors (Lipinski definition) is 1. The van der Waals surface area contributed by atoms with Crippen molar-refractivity contribution >= 4 is 5.69 Å². The highest BCUT2D eigenvalue weighted by Crippen LogP contribution is 2.41. The summed E-state index contributed by atoms with van der Waals surface area (Å²) in [6.45, 7) is 3.57. The first kappa shape index (κ1) is 17.1. The van der Waals surface area contributed by atoms with Crippen LogP contribution in [0.5, 0.6) is 5.75 Å². The zero-order valence-electron chi connectivity index (χ0n) is 14.7. The van der Waals surface area contributed by atoms with E-state index in [-0.39, 0.29) is 5.56 Å². The summed E-state index contributed by atoms with van der Waals surface area (Å²) in [7, 11) is 3.60. The molecule has 0 saturated carbocycles. The van der Waals surface area contributed by atoms with Crippen LogP contribution in [-0.4, -0.2) is 35.5 Å². The molecular formula is C19H21N3O3. The number of fused-ring (bicyclic) bond motifs is 1. The van der Waals surface area contributed by atoms with Gasteiger partial charge in [-0.2, -0.15) is 5.26 Å². The number of nitriles is 1. The van der Waals surface area contributed by atoms with Gasteiger partial charge in [0.15, 0.2) is 0 Å². The van der Waals surface area contributed by atoms with Gasteiger partial charge in [0, 0.05) is 25.9 Å². The van der Waals surface area contributed by atoms with E-state index in [1.54, 1.807) is 69.4 Å². The van der Waals surface area contributed by atoms with Gasteiger partial charge >= 0.3 is 0 Å². The van der Waals surface area contributed by atoms with E-state index in [9.17, 15) is 15.2 Å². The number of nitrogens with zero attached hydrogens (tertiary/aromatic N) is 3. The van der Waals surface area contributed by atoms with Gasteiger partial charge in [0.05, 0.1) is 17.7 Å². The van der Waals surface area contributed by atoms with Gasteiger partial charge in [0.25, 0.3) is 5.56 Å². The Labute approximate surface area is 146 Å². The van der Waals surface area contributed by atoms with Crippen LogP contribution in [0.1, 0.15) is 31.0 Å². The molecule has 130 valence electrons. The molecule has 3 rings (SSSR count). The van der Waals surface area contributed by atoms with Crippen molar-refractivity contribution < 1.29 is 9.84 Å². The lowest BCUT2D eigenvalue weighted by molar-refractivity contribution is -0.0642. The van der Waals surface area contributed by atoms with Gasteiger partial charge in [-0.05, 0) is 44.2 Å². The molecule has 2 heterocycles. The predicted octanol–water partition coefficient (Wildman–Crippen LogP) is 1.91. The van der Waals surface area contributed by atoms with Crippen molar-refractivity contribution in [2.24, 2.45) is 0 Å². The second kappa shape index (κ2) is 5.94. The van der Waals surface area contributed by atoms with E-state index in [0.29, 0.717) is 22.6 Å². The maximum atomic E-state index is 12.9. The van der Waals surface area contributed by atoms with E-state index in [0.717, 1.165) is 0 Å². The smallest absolute Gasteiger partial charge is 0.274 e. The van der Waals surface area contributed by atoms with Crippen LogP contribution < -0.4 is 15.2 Å². The van der Waals surface area contributed by atoms with E-state index in [4.69, 9.17) is 4.74 Å². The number of aliphatic hydroxyl groups is 1. The third-order valence-electron chi connectivity index (χ3n) is 4.58. The Kier molecular flexibility index (Phi) is 4.05. The highest BCUT2D eigenvalue weighted by molar-refractivity contribution is 5.48. The number of benzene rings is 1. The lowest BCUT2D eigenvalue weighted by Gasteiger charge is -2.42. The Morgan fingerprint density at radius 2 is 2.04 bits per heavy atom. The molecule has 2 atom stereocenters. The summed E-state index contributed by atoms with van der Waals surface area (Å²) in [4.78, 5) is 14.7. The van der Waals surface area contributed by atoms with Crippen molar-refractivity contribution in [3.63, 3.8) is 0 Å². The van der Waals surface area contributed by atoms with Crippen LogP contribution in [-0.2, 0) is 0 Å². The first-order chi connectivity index (χ1) is 11.8. The summed E-state index contributed by atoms with van der Waals surface area (Å²) < 4.78 is 7.43. The molecule has 2 aromatic rings. The van der Waals surface area contributed by atoms with Gasteiger partial charge in [0.1, 0.15) is 23.1 Å². The van der Waals surface area contributed by atoms with Crippen molar-refractivity contribution in [1.82, 2.24) is 4.57 Å². The number of pyridine rings is 1. The first-order valence-corrected chi connectivity index (χ1v) is 8.06. The summed E-state index contributed by atoms with van der Waals surface area (Å²) in [5.41, 5.74) is 0.527. The second-order valence-corrected chi connectivity index (χ2v) is 6.96. The molecule has 6 nitrogen and oxygen atoms in total.